The number of likely N-dealkylation sites (N-methyl/N-ethyl adjacent to an activating group) is 1. The van der Waals surface area contributed by atoms with Gasteiger partial charge in [-0.1, -0.05) is 6.92 Å². The molecule has 15 N–H and O–H groups in total. The third-order valence-electron chi connectivity index (χ3n) is 8.18. The second-order valence-corrected chi connectivity index (χ2v) is 11.5. The van der Waals surface area contributed by atoms with E-state index in [0.29, 0.717) is 0 Å². The maximum atomic E-state index is 12.5. The largest absolute Gasteiger partial charge is 0.394 e. The molecule has 3 aliphatic rings. The Bertz CT molecular complexity index is 866. The lowest BCUT2D eigenvalue weighted by atomic mass is 9.83. The van der Waals surface area contributed by atoms with E-state index in [-0.39, 0.29) is 38.6 Å². The highest BCUT2D eigenvalue weighted by molar-refractivity contribution is 5.81. The minimum absolute atomic E-state index is 0.0489. The fourth-order valence-electron chi connectivity index (χ4n) is 5.62. The average molecular weight is 628 g/mol. The molecule has 3 rings (SSSR count). The van der Waals surface area contributed by atoms with Gasteiger partial charge in [-0.2, -0.15) is 0 Å². The zero-order valence-electron chi connectivity index (χ0n) is 24.3. The van der Waals surface area contributed by atoms with Gasteiger partial charge in [-0.05, 0) is 19.4 Å². The molecular formula is C25H49N5O13. The van der Waals surface area contributed by atoms with Gasteiger partial charge in [0.15, 0.2) is 12.6 Å². The van der Waals surface area contributed by atoms with Crippen LogP contribution in [0.1, 0.15) is 13.3 Å². The van der Waals surface area contributed by atoms with E-state index in [1.54, 1.807) is 7.05 Å². The Kier molecular flexibility index (Phi) is 13.9. The molecule has 0 bridgehead atoms. The Hall–Kier alpha value is -1.17. The number of amides is 1. The van der Waals surface area contributed by atoms with Crippen molar-refractivity contribution in [2.24, 2.45) is 17.4 Å². The van der Waals surface area contributed by atoms with Gasteiger partial charge in [-0.15, -0.1) is 0 Å². The molecule has 18 heteroatoms. The molecule has 1 aliphatic carbocycles. The van der Waals surface area contributed by atoms with E-state index in [1.807, 2.05) is 6.92 Å². The molecule has 0 radical (unpaired) electrons. The summed E-state index contributed by atoms with van der Waals surface area (Å²) in [6.45, 7) is 1.06. The fraction of sp³-hybridized carbons (Fsp3) is 0.960. The van der Waals surface area contributed by atoms with Gasteiger partial charge in [0.25, 0.3) is 0 Å². The molecule has 1 saturated carbocycles. The molecule has 0 aromatic heterocycles. The third kappa shape index (κ3) is 8.76. The quantitative estimate of drug-likeness (QED) is 0.0901. The van der Waals surface area contributed by atoms with Crippen LogP contribution in [0.2, 0.25) is 0 Å². The van der Waals surface area contributed by atoms with Crippen LogP contribution in [0.25, 0.3) is 0 Å². The summed E-state index contributed by atoms with van der Waals surface area (Å²) in [5, 5.41) is 90.6. The highest BCUT2D eigenvalue weighted by Gasteiger charge is 2.52. The van der Waals surface area contributed by atoms with Gasteiger partial charge in [0.2, 0.25) is 5.91 Å². The topological polar surface area (TPSA) is 304 Å². The van der Waals surface area contributed by atoms with E-state index < -0.39 is 104 Å². The summed E-state index contributed by atoms with van der Waals surface area (Å²) < 4.78 is 23.3. The molecule has 43 heavy (non-hydrogen) atoms. The molecule has 2 unspecified atom stereocenters. The van der Waals surface area contributed by atoms with Gasteiger partial charge in [-0.25, -0.2) is 0 Å². The molecular weight excluding hydrogens is 578 g/mol. The monoisotopic (exact) mass is 627 g/mol. The molecule has 16 atom stereocenters. The van der Waals surface area contributed by atoms with Crippen LogP contribution in [0.3, 0.4) is 0 Å². The predicted molar refractivity (Wildman–Crippen MR) is 146 cm³/mol. The molecule has 2 saturated heterocycles. The summed E-state index contributed by atoms with van der Waals surface area (Å²) in [4.78, 5) is 12.5. The molecule has 0 aromatic carbocycles. The van der Waals surface area contributed by atoms with Crippen LogP contribution in [0.4, 0.5) is 0 Å². The van der Waals surface area contributed by atoms with Crippen LogP contribution >= 0.6 is 0 Å². The van der Waals surface area contributed by atoms with Crippen molar-refractivity contribution in [3.05, 3.63) is 0 Å². The first-order chi connectivity index (χ1) is 20.3. The van der Waals surface area contributed by atoms with Gasteiger partial charge in [-0.3, -0.25) is 4.79 Å². The van der Waals surface area contributed by atoms with Crippen molar-refractivity contribution >= 4 is 5.91 Å². The van der Waals surface area contributed by atoms with Crippen LogP contribution in [0.5, 0.6) is 0 Å². The van der Waals surface area contributed by atoms with Gasteiger partial charge in [0.1, 0.15) is 54.9 Å². The average Bonchev–Trinajstić information content (AvgIpc) is 2.98. The van der Waals surface area contributed by atoms with Gasteiger partial charge >= 0.3 is 0 Å². The number of hydrogen-bond donors (Lipinski definition) is 13. The van der Waals surface area contributed by atoms with E-state index in [4.69, 9.17) is 35.5 Å². The first kappa shape index (κ1) is 36.3. The van der Waals surface area contributed by atoms with Gasteiger partial charge in [0.05, 0.1) is 25.4 Å². The predicted octanol–water partition coefficient (Wildman–Crippen LogP) is -7.66. The molecule has 0 aromatic rings. The summed E-state index contributed by atoms with van der Waals surface area (Å²) >= 11 is 0. The number of nitrogens with one attached hydrogen (secondary N) is 3. The van der Waals surface area contributed by atoms with E-state index in [0.717, 1.165) is 0 Å². The zero-order chi connectivity index (χ0) is 32.0. The maximum Gasteiger partial charge on any atom is 0.250 e. The lowest BCUT2D eigenvalue weighted by molar-refractivity contribution is -0.327. The van der Waals surface area contributed by atoms with Crippen molar-refractivity contribution in [1.29, 1.82) is 0 Å². The number of rotatable bonds is 13. The normalized spacial score (nSPS) is 43.6. The van der Waals surface area contributed by atoms with Crippen molar-refractivity contribution in [3.63, 3.8) is 0 Å². The van der Waals surface area contributed by atoms with E-state index in [2.05, 4.69) is 16.0 Å². The number of aliphatic hydroxyl groups is 8. The van der Waals surface area contributed by atoms with Crippen molar-refractivity contribution in [2.75, 3.05) is 39.9 Å². The summed E-state index contributed by atoms with van der Waals surface area (Å²) in [6, 6.07) is -2.42. The van der Waals surface area contributed by atoms with Crippen LogP contribution < -0.4 is 27.4 Å². The lowest BCUT2D eigenvalue weighted by Gasteiger charge is -2.48. The van der Waals surface area contributed by atoms with Crippen molar-refractivity contribution in [3.8, 4) is 0 Å². The third-order valence-corrected chi connectivity index (χ3v) is 8.18. The molecule has 252 valence electrons. The number of nitrogens with two attached hydrogens (primary N) is 2. The number of carbonyl (C=O) groups is 1. The van der Waals surface area contributed by atoms with E-state index in [1.165, 1.54) is 0 Å². The Labute approximate surface area is 249 Å². The van der Waals surface area contributed by atoms with E-state index in [9.17, 15) is 40.5 Å². The van der Waals surface area contributed by atoms with Crippen LogP contribution in [-0.2, 0) is 23.7 Å². The summed E-state index contributed by atoms with van der Waals surface area (Å²) in [6.07, 6.45) is -17.1. The van der Waals surface area contributed by atoms with Crippen molar-refractivity contribution in [2.45, 2.75) is 105 Å². The molecule has 3 fully saturated rings. The Balaban J connectivity index is 1.79. The number of ether oxygens (including phenoxy) is 4. The Morgan fingerprint density at radius 2 is 1.67 bits per heavy atom. The van der Waals surface area contributed by atoms with E-state index >= 15 is 0 Å². The summed E-state index contributed by atoms with van der Waals surface area (Å²) in [7, 11) is 1.67. The minimum atomic E-state index is -1.76. The second kappa shape index (κ2) is 16.4. The smallest absolute Gasteiger partial charge is 0.250 e. The van der Waals surface area contributed by atoms with Crippen LogP contribution in [0.15, 0.2) is 0 Å². The Morgan fingerprint density at radius 1 is 1.00 bits per heavy atom. The lowest BCUT2D eigenvalue weighted by Crippen LogP contribution is -2.69. The van der Waals surface area contributed by atoms with Gasteiger partial charge < -0.3 is 87.2 Å². The highest BCUT2D eigenvalue weighted by Crippen LogP contribution is 2.32. The number of hydrogen-bond acceptors (Lipinski definition) is 17. The molecule has 2 heterocycles. The van der Waals surface area contributed by atoms with Crippen molar-refractivity contribution < 1.29 is 64.6 Å². The number of aliphatic hydroxyl groups excluding tert-OH is 8. The van der Waals surface area contributed by atoms with Crippen LogP contribution in [-0.4, -0.2) is 178 Å². The molecule has 18 nitrogen and oxygen atoms in total. The maximum absolute atomic E-state index is 12.5. The minimum Gasteiger partial charge on any atom is -0.394 e. The fourth-order valence-corrected chi connectivity index (χ4v) is 5.62. The highest BCUT2D eigenvalue weighted by atomic mass is 16.7. The van der Waals surface area contributed by atoms with Crippen molar-refractivity contribution in [1.82, 2.24) is 16.0 Å². The molecule has 1 amide bonds. The standard InChI is InChI=1S/C25H49N5O13/c1-9-8-40-24(17(35)15(9)28-2)43-22-12(30-23(39)13(33)4-26)3-11(27)21(20(22)38)42-25-19(37)18(36)16(34)14(41-25)6-29-5-10(32)7-31/h9-22,24-25,28-29,31-38H,3-8,26-27H2,1-2H3,(H,30,39)/t9-,10?,11+,12-,13+,14-,15+,16-,17-,18+,19-,20+,21?,22+,24-,25-/m1/s1. The zero-order valence-corrected chi connectivity index (χ0v) is 24.3. The molecule has 2 aliphatic heterocycles. The molecule has 0 spiro atoms. The first-order valence-corrected chi connectivity index (χ1v) is 14.4. The van der Waals surface area contributed by atoms with Crippen LogP contribution in [0, 0.1) is 5.92 Å². The number of carbonyl (C=O) groups excluding carboxylic acids is 1. The second-order valence-electron chi connectivity index (χ2n) is 11.5. The SMILES string of the molecule is CN[C@@H]1[C@@H](O)[C@@H](O[C@H]2[C@H](NC(=O)[C@@H](O)CN)C[C@H](N)C(O[C@H]3O[C@H](CNCC(O)CO)[C@@H](O)[C@H](O)[C@H]3O)[C@@H]2O)OC[C@H]1C. The first-order valence-electron chi connectivity index (χ1n) is 14.4. The summed E-state index contributed by atoms with van der Waals surface area (Å²) in [5.74, 6) is -0.909. The van der Waals surface area contributed by atoms with Gasteiger partial charge in [0, 0.05) is 31.7 Å². The Morgan fingerprint density at radius 3 is 2.30 bits per heavy atom. The summed E-state index contributed by atoms with van der Waals surface area (Å²) in [5.41, 5.74) is 11.7.